The maximum atomic E-state index is 12.7. The van der Waals surface area contributed by atoms with Crippen molar-refractivity contribution in [1.82, 2.24) is 15.2 Å². The van der Waals surface area contributed by atoms with Crippen molar-refractivity contribution in [1.29, 1.82) is 0 Å². The van der Waals surface area contributed by atoms with Crippen molar-refractivity contribution in [2.24, 2.45) is 0 Å². The summed E-state index contributed by atoms with van der Waals surface area (Å²) in [6, 6.07) is 20.9. The minimum atomic E-state index is -0.204. The van der Waals surface area contributed by atoms with Crippen LogP contribution in [0.5, 0.6) is 0 Å². The van der Waals surface area contributed by atoms with Crippen LogP contribution in [0.15, 0.2) is 72.9 Å². The molecule has 1 fully saturated rings. The second-order valence-corrected chi connectivity index (χ2v) is 8.11. The first-order valence-electron chi connectivity index (χ1n) is 10.6. The standard InChI is InChI=1S/C25H25ClN4O2/c26-22-9-5-4-8-20(22)16-24(31)30-14-12-29(13-15-30)21-10-11-27-23(17-21)25(32)28-18-19-6-2-1-3-7-19/h1-11,17H,12-16,18H2,(H,28,32). The number of nitrogens with one attached hydrogen (secondary N) is 1. The number of aromatic nitrogens is 1. The number of benzene rings is 2. The number of hydrogen-bond donors (Lipinski definition) is 1. The summed E-state index contributed by atoms with van der Waals surface area (Å²) in [5.41, 5.74) is 3.20. The number of pyridine rings is 1. The Balaban J connectivity index is 1.32. The molecule has 0 unspecified atom stereocenters. The van der Waals surface area contributed by atoms with Gasteiger partial charge in [0.1, 0.15) is 5.69 Å². The predicted octanol–water partition coefficient (Wildman–Crippen LogP) is 3.56. The summed E-state index contributed by atoms with van der Waals surface area (Å²) >= 11 is 6.19. The number of carbonyl (C=O) groups is 2. The highest BCUT2D eigenvalue weighted by atomic mass is 35.5. The van der Waals surface area contributed by atoms with Crippen molar-refractivity contribution in [2.75, 3.05) is 31.1 Å². The third kappa shape index (κ3) is 5.45. The zero-order valence-electron chi connectivity index (χ0n) is 17.7. The molecule has 4 rings (SSSR count). The van der Waals surface area contributed by atoms with Crippen LogP contribution >= 0.6 is 11.6 Å². The van der Waals surface area contributed by atoms with E-state index in [4.69, 9.17) is 11.6 Å². The van der Waals surface area contributed by atoms with Crippen LogP contribution in [-0.4, -0.2) is 47.9 Å². The summed E-state index contributed by atoms with van der Waals surface area (Å²) in [7, 11) is 0. The summed E-state index contributed by atoms with van der Waals surface area (Å²) in [4.78, 5) is 33.5. The van der Waals surface area contributed by atoms with Crippen molar-refractivity contribution in [3.63, 3.8) is 0 Å². The maximum Gasteiger partial charge on any atom is 0.270 e. The molecule has 164 valence electrons. The van der Waals surface area contributed by atoms with E-state index >= 15 is 0 Å². The van der Waals surface area contributed by atoms with Gasteiger partial charge in [-0.15, -0.1) is 0 Å². The molecular weight excluding hydrogens is 424 g/mol. The smallest absolute Gasteiger partial charge is 0.270 e. The quantitative estimate of drug-likeness (QED) is 0.626. The molecule has 0 atom stereocenters. The Bertz CT molecular complexity index is 1080. The van der Waals surface area contributed by atoms with Crippen molar-refractivity contribution >= 4 is 29.1 Å². The van der Waals surface area contributed by atoms with Crippen molar-refractivity contribution in [3.8, 4) is 0 Å². The zero-order chi connectivity index (χ0) is 22.3. The molecule has 0 bridgehead atoms. The number of rotatable bonds is 6. The fourth-order valence-electron chi connectivity index (χ4n) is 3.74. The largest absolute Gasteiger partial charge is 0.368 e. The van der Waals surface area contributed by atoms with Crippen LogP contribution < -0.4 is 10.2 Å². The highest BCUT2D eigenvalue weighted by Gasteiger charge is 2.22. The van der Waals surface area contributed by atoms with Crippen molar-refractivity contribution in [3.05, 3.63) is 94.8 Å². The normalized spacial score (nSPS) is 13.7. The second kappa shape index (κ2) is 10.3. The number of hydrogen-bond acceptors (Lipinski definition) is 4. The van der Waals surface area contributed by atoms with Gasteiger partial charge in [0.2, 0.25) is 5.91 Å². The Hall–Kier alpha value is -3.38. The third-order valence-electron chi connectivity index (χ3n) is 5.57. The lowest BCUT2D eigenvalue weighted by Crippen LogP contribution is -2.49. The summed E-state index contributed by atoms with van der Waals surface area (Å²) < 4.78 is 0. The molecule has 1 aromatic heterocycles. The second-order valence-electron chi connectivity index (χ2n) is 7.70. The fraction of sp³-hybridized carbons (Fsp3) is 0.240. The van der Waals surface area contributed by atoms with Gasteiger partial charge in [0.05, 0.1) is 6.42 Å². The van der Waals surface area contributed by atoms with E-state index in [0.717, 1.165) is 16.8 Å². The Morgan fingerprint density at radius 1 is 0.938 bits per heavy atom. The van der Waals surface area contributed by atoms with E-state index < -0.39 is 0 Å². The molecule has 1 aliphatic rings. The average Bonchev–Trinajstić information content (AvgIpc) is 2.85. The van der Waals surface area contributed by atoms with Gasteiger partial charge in [-0.1, -0.05) is 60.1 Å². The number of anilines is 1. The minimum absolute atomic E-state index is 0.0773. The SMILES string of the molecule is O=C(NCc1ccccc1)c1cc(N2CCN(C(=O)Cc3ccccc3Cl)CC2)ccn1. The van der Waals surface area contributed by atoms with Crippen LogP contribution in [-0.2, 0) is 17.8 Å². The molecule has 7 heteroatoms. The molecule has 0 spiro atoms. The van der Waals surface area contributed by atoms with E-state index in [0.29, 0.717) is 49.9 Å². The number of halogens is 1. The monoisotopic (exact) mass is 448 g/mol. The zero-order valence-corrected chi connectivity index (χ0v) is 18.5. The van der Waals surface area contributed by atoms with E-state index in [9.17, 15) is 9.59 Å². The molecule has 2 aromatic carbocycles. The van der Waals surface area contributed by atoms with Crippen LogP contribution in [0.25, 0.3) is 0 Å². The van der Waals surface area contributed by atoms with Crippen molar-refractivity contribution in [2.45, 2.75) is 13.0 Å². The lowest BCUT2D eigenvalue weighted by Gasteiger charge is -2.36. The summed E-state index contributed by atoms with van der Waals surface area (Å²) in [5, 5.41) is 3.53. The molecule has 0 saturated carbocycles. The molecule has 1 N–H and O–H groups in total. The average molecular weight is 449 g/mol. The Labute approximate surface area is 192 Å². The Morgan fingerprint density at radius 2 is 1.66 bits per heavy atom. The molecule has 2 amide bonds. The Kier molecular flexibility index (Phi) is 7.02. The minimum Gasteiger partial charge on any atom is -0.368 e. The molecule has 1 aliphatic heterocycles. The van der Waals surface area contributed by atoms with Gasteiger partial charge in [-0.3, -0.25) is 14.6 Å². The molecular formula is C25H25ClN4O2. The van der Waals surface area contributed by atoms with Crippen LogP contribution in [0.3, 0.4) is 0 Å². The topological polar surface area (TPSA) is 65.5 Å². The number of nitrogens with zero attached hydrogens (tertiary/aromatic N) is 3. The molecule has 6 nitrogen and oxygen atoms in total. The molecule has 1 saturated heterocycles. The number of carbonyl (C=O) groups excluding carboxylic acids is 2. The van der Waals surface area contributed by atoms with Crippen LogP contribution in [0, 0.1) is 0 Å². The van der Waals surface area contributed by atoms with Crippen LogP contribution in [0.4, 0.5) is 5.69 Å². The van der Waals surface area contributed by atoms with Gasteiger partial charge in [0.25, 0.3) is 5.91 Å². The van der Waals surface area contributed by atoms with Gasteiger partial charge in [-0.2, -0.15) is 0 Å². The number of amides is 2. The molecule has 0 aliphatic carbocycles. The van der Waals surface area contributed by atoms with Gasteiger partial charge in [0.15, 0.2) is 0 Å². The predicted molar refractivity (Wildman–Crippen MR) is 126 cm³/mol. The van der Waals surface area contributed by atoms with Crippen LogP contribution in [0.2, 0.25) is 5.02 Å². The van der Waals surface area contributed by atoms with E-state index in [-0.39, 0.29) is 11.8 Å². The first-order chi connectivity index (χ1) is 15.6. The van der Waals surface area contributed by atoms with Crippen molar-refractivity contribution < 1.29 is 9.59 Å². The van der Waals surface area contributed by atoms with E-state index in [1.807, 2.05) is 65.6 Å². The van der Waals surface area contributed by atoms with Gasteiger partial charge in [-0.05, 0) is 29.3 Å². The fourth-order valence-corrected chi connectivity index (χ4v) is 3.94. The summed E-state index contributed by atoms with van der Waals surface area (Å²) in [6.45, 7) is 3.10. The van der Waals surface area contributed by atoms with E-state index in [1.165, 1.54) is 0 Å². The molecule has 0 radical (unpaired) electrons. The maximum absolute atomic E-state index is 12.7. The highest BCUT2D eigenvalue weighted by Crippen LogP contribution is 2.19. The lowest BCUT2D eigenvalue weighted by atomic mass is 10.1. The van der Waals surface area contributed by atoms with E-state index in [2.05, 4.69) is 15.2 Å². The van der Waals surface area contributed by atoms with Gasteiger partial charge in [-0.25, -0.2) is 0 Å². The molecule has 3 aromatic rings. The summed E-state index contributed by atoms with van der Waals surface area (Å²) in [5.74, 6) is -0.127. The molecule has 32 heavy (non-hydrogen) atoms. The van der Waals surface area contributed by atoms with Gasteiger partial charge >= 0.3 is 0 Å². The first kappa shape index (κ1) is 21.8. The van der Waals surface area contributed by atoms with E-state index in [1.54, 1.807) is 12.3 Å². The van der Waals surface area contributed by atoms with Gasteiger partial charge in [0, 0.05) is 49.6 Å². The number of piperazine rings is 1. The summed E-state index contributed by atoms with van der Waals surface area (Å²) in [6.07, 6.45) is 1.96. The first-order valence-corrected chi connectivity index (χ1v) is 11.0. The third-order valence-corrected chi connectivity index (χ3v) is 5.94. The van der Waals surface area contributed by atoms with Crippen LogP contribution in [0.1, 0.15) is 21.6 Å². The Morgan fingerprint density at radius 3 is 2.41 bits per heavy atom. The lowest BCUT2D eigenvalue weighted by molar-refractivity contribution is -0.130. The molecule has 2 heterocycles. The highest BCUT2D eigenvalue weighted by molar-refractivity contribution is 6.31. The van der Waals surface area contributed by atoms with Gasteiger partial charge < -0.3 is 15.1 Å².